The molecule has 0 aliphatic carbocycles. The van der Waals surface area contributed by atoms with Gasteiger partial charge in [-0.1, -0.05) is 52.0 Å². The van der Waals surface area contributed by atoms with Crippen molar-refractivity contribution in [2.75, 3.05) is 0 Å². The van der Waals surface area contributed by atoms with Crippen molar-refractivity contribution < 1.29 is 4.57 Å². The van der Waals surface area contributed by atoms with Gasteiger partial charge in [0.1, 0.15) is 12.4 Å². The molecule has 0 amide bonds. The van der Waals surface area contributed by atoms with Crippen LogP contribution in [-0.4, -0.2) is 4.57 Å². The summed E-state index contributed by atoms with van der Waals surface area (Å²) in [5.74, 6) is 1.27. The Labute approximate surface area is 112 Å². The SMILES string of the molecule is C=Cn1cc[n+](CCCCCCCCCC)c1C. The van der Waals surface area contributed by atoms with Crippen molar-refractivity contribution in [3.63, 3.8) is 0 Å². The Morgan fingerprint density at radius 2 is 1.72 bits per heavy atom. The van der Waals surface area contributed by atoms with Crippen molar-refractivity contribution >= 4 is 6.20 Å². The van der Waals surface area contributed by atoms with E-state index in [9.17, 15) is 0 Å². The molecule has 1 rings (SSSR count). The van der Waals surface area contributed by atoms with E-state index in [1.807, 2.05) is 6.20 Å². The fourth-order valence-corrected chi connectivity index (χ4v) is 2.36. The second-order valence-corrected chi connectivity index (χ2v) is 5.10. The van der Waals surface area contributed by atoms with Gasteiger partial charge in [-0.25, -0.2) is 9.13 Å². The molecule has 0 aromatic carbocycles. The second kappa shape index (κ2) is 8.96. The van der Waals surface area contributed by atoms with Gasteiger partial charge >= 0.3 is 0 Å². The normalized spacial score (nSPS) is 10.8. The van der Waals surface area contributed by atoms with Gasteiger partial charge in [-0.15, -0.1) is 0 Å². The summed E-state index contributed by atoms with van der Waals surface area (Å²) < 4.78 is 4.39. The van der Waals surface area contributed by atoms with Crippen LogP contribution in [0.5, 0.6) is 0 Å². The average molecular weight is 249 g/mol. The predicted molar refractivity (Wildman–Crippen MR) is 78.4 cm³/mol. The molecule has 0 bridgehead atoms. The zero-order chi connectivity index (χ0) is 13.2. The van der Waals surface area contributed by atoms with Gasteiger partial charge < -0.3 is 0 Å². The van der Waals surface area contributed by atoms with E-state index in [2.05, 4.69) is 42.0 Å². The largest absolute Gasteiger partial charge is 0.257 e. The highest BCUT2D eigenvalue weighted by Gasteiger charge is 2.08. The molecule has 0 atom stereocenters. The monoisotopic (exact) mass is 249 g/mol. The number of nitrogens with zero attached hydrogens (tertiary/aromatic N) is 2. The third-order valence-electron chi connectivity index (χ3n) is 3.65. The van der Waals surface area contributed by atoms with Gasteiger partial charge in [0.15, 0.2) is 0 Å². The summed E-state index contributed by atoms with van der Waals surface area (Å²) in [7, 11) is 0. The Hall–Kier alpha value is -1.05. The third kappa shape index (κ3) is 5.07. The summed E-state index contributed by atoms with van der Waals surface area (Å²) in [6.45, 7) is 9.36. The van der Waals surface area contributed by atoms with Gasteiger partial charge in [0.25, 0.3) is 5.82 Å². The van der Waals surface area contributed by atoms with Gasteiger partial charge in [0.2, 0.25) is 0 Å². The van der Waals surface area contributed by atoms with Crippen LogP contribution in [0.1, 0.15) is 64.1 Å². The molecule has 0 aliphatic rings. The van der Waals surface area contributed by atoms with Crippen LogP contribution in [-0.2, 0) is 6.54 Å². The van der Waals surface area contributed by atoms with E-state index in [0.29, 0.717) is 0 Å². The number of rotatable bonds is 10. The predicted octanol–water partition coefficient (Wildman–Crippen LogP) is 4.33. The van der Waals surface area contributed by atoms with Crippen LogP contribution in [0.25, 0.3) is 6.20 Å². The molecule has 1 heterocycles. The number of hydrogen-bond donors (Lipinski definition) is 0. The molecule has 1 aromatic rings. The van der Waals surface area contributed by atoms with E-state index in [-0.39, 0.29) is 0 Å². The molecule has 0 aliphatic heterocycles. The van der Waals surface area contributed by atoms with Gasteiger partial charge in [-0.2, -0.15) is 0 Å². The number of aryl methyl sites for hydroxylation is 1. The Kier molecular flexibility index (Phi) is 7.47. The maximum atomic E-state index is 3.80. The van der Waals surface area contributed by atoms with Crippen LogP contribution < -0.4 is 4.57 Å². The lowest BCUT2D eigenvalue weighted by molar-refractivity contribution is -0.702. The lowest BCUT2D eigenvalue weighted by atomic mass is 10.1. The van der Waals surface area contributed by atoms with Crippen LogP contribution >= 0.6 is 0 Å². The van der Waals surface area contributed by atoms with Gasteiger partial charge in [0, 0.05) is 6.92 Å². The zero-order valence-corrected chi connectivity index (χ0v) is 12.2. The van der Waals surface area contributed by atoms with E-state index < -0.39 is 0 Å². The minimum atomic E-state index is 1.14. The van der Waals surface area contributed by atoms with Crippen molar-refractivity contribution in [2.45, 2.75) is 71.8 Å². The highest BCUT2D eigenvalue weighted by molar-refractivity contribution is 5.16. The molecular weight excluding hydrogens is 220 g/mol. The lowest BCUT2D eigenvalue weighted by Crippen LogP contribution is -2.35. The molecule has 1 aromatic heterocycles. The number of hydrogen-bond acceptors (Lipinski definition) is 0. The number of imidazole rings is 1. The molecule has 102 valence electrons. The smallest absolute Gasteiger partial charge is 0.234 e. The molecule has 0 saturated carbocycles. The number of unbranched alkanes of at least 4 members (excludes halogenated alkanes) is 7. The van der Waals surface area contributed by atoms with Crippen molar-refractivity contribution in [1.29, 1.82) is 0 Å². The van der Waals surface area contributed by atoms with Crippen LogP contribution in [0.15, 0.2) is 19.0 Å². The Balaban J connectivity index is 2.07. The topological polar surface area (TPSA) is 8.81 Å². The first-order chi connectivity index (χ1) is 8.79. The summed E-state index contributed by atoms with van der Waals surface area (Å²) in [6.07, 6.45) is 17.1. The van der Waals surface area contributed by atoms with Gasteiger partial charge in [-0.05, 0) is 12.8 Å². The third-order valence-corrected chi connectivity index (χ3v) is 3.65. The van der Waals surface area contributed by atoms with Crippen LogP contribution in [0, 0.1) is 6.92 Å². The molecule has 2 heteroatoms. The van der Waals surface area contributed by atoms with Crippen LogP contribution in [0.4, 0.5) is 0 Å². The summed E-state index contributed by atoms with van der Waals surface area (Å²) in [4.78, 5) is 0. The Morgan fingerprint density at radius 3 is 2.28 bits per heavy atom. The van der Waals surface area contributed by atoms with Crippen LogP contribution in [0.2, 0.25) is 0 Å². The molecule has 0 saturated heterocycles. The first-order valence-electron chi connectivity index (χ1n) is 7.49. The first kappa shape index (κ1) is 15.0. The van der Waals surface area contributed by atoms with E-state index in [0.717, 1.165) is 6.54 Å². The minimum Gasteiger partial charge on any atom is -0.234 e. The summed E-state index contributed by atoms with van der Waals surface area (Å²) in [6, 6.07) is 0. The van der Waals surface area contributed by atoms with Crippen molar-refractivity contribution in [3.8, 4) is 0 Å². The standard InChI is InChI=1S/C16H29N2/c1-4-6-7-8-9-10-11-12-13-18-15-14-17(5-2)16(18)3/h5,14-15H,2,4,6-13H2,1,3H3/q+1. The lowest BCUT2D eigenvalue weighted by Gasteiger charge is -2.01. The molecular formula is C16H29N2+. The van der Waals surface area contributed by atoms with Crippen LogP contribution in [0.3, 0.4) is 0 Å². The maximum absolute atomic E-state index is 3.80. The van der Waals surface area contributed by atoms with E-state index >= 15 is 0 Å². The molecule has 0 fully saturated rings. The average Bonchev–Trinajstić information content (AvgIpc) is 2.73. The van der Waals surface area contributed by atoms with Gasteiger partial charge in [-0.3, -0.25) is 0 Å². The molecule has 0 unspecified atom stereocenters. The Bertz CT molecular complexity index is 339. The first-order valence-corrected chi connectivity index (χ1v) is 7.49. The van der Waals surface area contributed by atoms with Gasteiger partial charge in [0.05, 0.1) is 12.7 Å². The van der Waals surface area contributed by atoms with E-state index in [4.69, 9.17) is 0 Å². The molecule has 2 nitrogen and oxygen atoms in total. The van der Waals surface area contributed by atoms with Crippen molar-refractivity contribution in [3.05, 3.63) is 24.8 Å². The highest BCUT2D eigenvalue weighted by atomic mass is 15.1. The quantitative estimate of drug-likeness (QED) is 0.431. The maximum Gasteiger partial charge on any atom is 0.257 e. The fourth-order valence-electron chi connectivity index (χ4n) is 2.36. The Morgan fingerprint density at radius 1 is 1.11 bits per heavy atom. The van der Waals surface area contributed by atoms with Crippen molar-refractivity contribution in [2.24, 2.45) is 0 Å². The molecule has 0 radical (unpaired) electrons. The zero-order valence-electron chi connectivity index (χ0n) is 12.2. The minimum absolute atomic E-state index is 1.14. The molecule has 0 spiro atoms. The molecule has 18 heavy (non-hydrogen) atoms. The van der Waals surface area contributed by atoms with E-state index in [1.54, 1.807) is 0 Å². The summed E-state index contributed by atoms with van der Waals surface area (Å²) in [5, 5.41) is 0. The fraction of sp³-hybridized carbons (Fsp3) is 0.688. The number of aromatic nitrogens is 2. The van der Waals surface area contributed by atoms with Crippen molar-refractivity contribution in [1.82, 2.24) is 4.57 Å². The second-order valence-electron chi connectivity index (χ2n) is 5.10. The highest BCUT2D eigenvalue weighted by Crippen LogP contribution is 2.08. The summed E-state index contributed by atoms with van der Waals surface area (Å²) in [5.41, 5.74) is 0. The summed E-state index contributed by atoms with van der Waals surface area (Å²) >= 11 is 0. The molecule has 0 N–H and O–H groups in total. The van der Waals surface area contributed by atoms with E-state index in [1.165, 1.54) is 57.2 Å².